The third-order valence-corrected chi connectivity index (χ3v) is 6.07. The number of amides is 1. The highest BCUT2D eigenvalue weighted by molar-refractivity contribution is 7.14. The number of halogens is 2. The van der Waals surface area contributed by atoms with E-state index in [-0.39, 0.29) is 18.7 Å². The number of carbonyl (C=O) groups is 2. The molecule has 8 heteroatoms. The number of hydrogen-bond acceptors (Lipinski definition) is 4. The minimum absolute atomic E-state index is 0.234. The van der Waals surface area contributed by atoms with Crippen molar-refractivity contribution in [3.05, 3.63) is 69.5 Å². The molecule has 0 saturated carbocycles. The monoisotopic (exact) mass is 448 g/mol. The largest absolute Gasteiger partial charge is 0.481 e. The summed E-state index contributed by atoms with van der Waals surface area (Å²) in [4.78, 5) is 30.3. The number of rotatable bonds is 7. The van der Waals surface area contributed by atoms with Crippen LogP contribution >= 0.6 is 34.5 Å². The van der Waals surface area contributed by atoms with Gasteiger partial charge in [0.05, 0.1) is 18.0 Å². The first-order valence-electron chi connectivity index (χ1n) is 8.80. The van der Waals surface area contributed by atoms with E-state index in [9.17, 15) is 14.7 Å². The second-order valence-corrected chi connectivity index (χ2v) is 8.13. The van der Waals surface area contributed by atoms with Crippen molar-refractivity contribution in [3.63, 3.8) is 0 Å². The molecule has 150 valence electrons. The zero-order chi connectivity index (χ0) is 21.0. The van der Waals surface area contributed by atoms with E-state index in [1.54, 1.807) is 31.3 Å². The summed E-state index contributed by atoms with van der Waals surface area (Å²) in [5, 5.41) is 12.7. The molecule has 2 aromatic carbocycles. The molecule has 1 aromatic heterocycles. The van der Waals surface area contributed by atoms with Gasteiger partial charge in [-0.2, -0.15) is 0 Å². The van der Waals surface area contributed by atoms with Crippen LogP contribution in [0.4, 0.5) is 5.13 Å². The number of benzene rings is 2. The highest BCUT2D eigenvalue weighted by Gasteiger charge is 2.28. The number of carboxylic acids is 1. The number of nitrogens with zero attached hydrogens (tertiary/aromatic N) is 2. The van der Waals surface area contributed by atoms with Gasteiger partial charge in [-0.05, 0) is 24.1 Å². The van der Waals surface area contributed by atoms with Crippen LogP contribution in [0.3, 0.4) is 0 Å². The van der Waals surface area contributed by atoms with Crippen molar-refractivity contribution in [2.45, 2.75) is 12.8 Å². The maximum absolute atomic E-state index is 13.1. The summed E-state index contributed by atoms with van der Waals surface area (Å²) in [6, 6.07) is 14.4. The van der Waals surface area contributed by atoms with Crippen molar-refractivity contribution in [2.24, 2.45) is 5.92 Å². The molecule has 1 heterocycles. The lowest BCUT2D eigenvalue weighted by molar-refractivity contribution is -0.140. The zero-order valence-electron chi connectivity index (χ0n) is 15.5. The Labute approximate surface area is 182 Å². The van der Waals surface area contributed by atoms with E-state index >= 15 is 0 Å². The summed E-state index contributed by atoms with van der Waals surface area (Å²) in [5.74, 6) is -2.13. The fourth-order valence-electron chi connectivity index (χ4n) is 2.97. The van der Waals surface area contributed by atoms with Gasteiger partial charge in [-0.1, -0.05) is 59.6 Å². The van der Waals surface area contributed by atoms with E-state index < -0.39 is 11.9 Å². The lowest BCUT2D eigenvalue weighted by atomic mass is 9.95. The molecule has 0 radical (unpaired) electrons. The average Bonchev–Trinajstić information content (AvgIpc) is 3.18. The fourth-order valence-corrected chi connectivity index (χ4v) is 4.21. The minimum atomic E-state index is -1.04. The topological polar surface area (TPSA) is 70.5 Å². The lowest BCUT2D eigenvalue weighted by Crippen LogP contribution is -2.35. The van der Waals surface area contributed by atoms with Crippen LogP contribution in [0.25, 0.3) is 11.3 Å². The van der Waals surface area contributed by atoms with Crippen molar-refractivity contribution in [2.75, 3.05) is 11.9 Å². The molecule has 0 aliphatic heterocycles. The summed E-state index contributed by atoms with van der Waals surface area (Å²) >= 11 is 13.7. The van der Waals surface area contributed by atoms with E-state index in [0.717, 1.165) is 11.1 Å². The summed E-state index contributed by atoms with van der Waals surface area (Å²) in [6.45, 7) is 0. The van der Waals surface area contributed by atoms with Gasteiger partial charge in [0.15, 0.2) is 5.13 Å². The van der Waals surface area contributed by atoms with Crippen LogP contribution in [-0.4, -0.2) is 29.0 Å². The molecule has 1 amide bonds. The van der Waals surface area contributed by atoms with Crippen LogP contribution in [0.1, 0.15) is 12.0 Å². The molecule has 3 aromatic rings. The minimum Gasteiger partial charge on any atom is -0.481 e. The summed E-state index contributed by atoms with van der Waals surface area (Å²) in [6.07, 6.45) is -0.0605. The SMILES string of the molecule is CN(C(=O)C(CC(=O)O)Cc1ccccc1Cl)c1nc(-c2ccccc2Cl)cs1. The Kier molecular flexibility index (Phi) is 6.90. The van der Waals surface area contributed by atoms with Crippen LogP contribution in [0, 0.1) is 5.92 Å². The summed E-state index contributed by atoms with van der Waals surface area (Å²) in [7, 11) is 1.60. The third kappa shape index (κ3) is 5.15. The molecule has 0 aliphatic carbocycles. The van der Waals surface area contributed by atoms with Crippen LogP contribution in [-0.2, 0) is 16.0 Å². The van der Waals surface area contributed by atoms with Gasteiger partial charge in [-0.15, -0.1) is 11.3 Å². The quantitative estimate of drug-likeness (QED) is 0.524. The fraction of sp³-hybridized carbons (Fsp3) is 0.190. The van der Waals surface area contributed by atoms with Crippen molar-refractivity contribution in [1.82, 2.24) is 4.98 Å². The number of aliphatic carboxylic acids is 1. The van der Waals surface area contributed by atoms with Gasteiger partial charge in [0.25, 0.3) is 0 Å². The number of thiazole rings is 1. The maximum atomic E-state index is 13.1. The van der Waals surface area contributed by atoms with E-state index in [1.807, 2.05) is 29.6 Å². The molecule has 1 atom stereocenters. The van der Waals surface area contributed by atoms with Crippen LogP contribution in [0.15, 0.2) is 53.9 Å². The Balaban J connectivity index is 1.83. The van der Waals surface area contributed by atoms with E-state index in [2.05, 4.69) is 4.98 Å². The molecule has 29 heavy (non-hydrogen) atoms. The maximum Gasteiger partial charge on any atom is 0.304 e. The van der Waals surface area contributed by atoms with Gasteiger partial charge in [0.1, 0.15) is 0 Å². The van der Waals surface area contributed by atoms with Gasteiger partial charge in [-0.3, -0.25) is 14.5 Å². The number of carbonyl (C=O) groups excluding carboxylic acids is 1. The van der Waals surface area contributed by atoms with Gasteiger partial charge >= 0.3 is 5.97 Å². The van der Waals surface area contributed by atoms with E-state index in [0.29, 0.717) is 20.9 Å². The van der Waals surface area contributed by atoms with E-state index in [1.165, 1.54) is 16.2 Å². The van der Waals surface area contributed by atoms with Gasteiger partial charge in [0.2, 0.25) is 5.91 Å². The number of anilines is 1. The predicted octanol–water partition coefficient (Wildman–Crippen LogP) is 5.41. The second kappa shape index (κ2) is 9.39. The van der Waals surface area contributed by atoms with Crippen LogP contribution in [0.2, 0.25) is 10.0 Å². The number of aromatic nitrogens is 1. The number of hydrogen-bond donors (Lipinski definition) is 1. The summed E-state index contributed by atoms with van der Waals surface area (Å²) in [5.41, 5.74) is 2.17. The molecule has 0 spiro atoms. The summed E-state index contributed by atoms with van der Waals surface area (Å²) < 4.78 is 0. The first kappa shape index (κ1) is 21.3. The Morgan fingerprint density at radius 2 is 1.76 bits per heavy atom. The third-order valence-electron chi connectivity index (χ3n) is 4.45. The Hall–Kier alpha value is -2.41. The molecule has 0 fully saturated rings. The normalized spacial score (nSPS) is 11.8. The van der Waals surface area contributed by atoms with Crippen LogP contribution < -0.4 is 4.90 Å². The first-order chi connectivity index (χ1) is 13.9. The average molecular weight is 449 g/mol. The first-order valence-corrected chi connectivity index (χ1v) is 10.4. The van der Waals surface area contributed by atoms with Crippen LogP contribution in [0.5, 0.6) is 0 Å². The Morgan fingerprint density at radius 1 is 1.10 bits per heavy atom. The van der Waals surface area contributed by atoms with Crippen molar-refractivity contribution >= 4 is 51.5 Å². The Bertz CT molecular complexity index is 1040. The second-order valence-electron chi connectivity index (χ2n) is 6.48. The van der Waals surface area contributed by atoms with Gasteiger partial charge < -0.3 is 5.11 Å². The molecule has 1 unspecified atom stereocenters. The molecule has 3 rings (SSSR count). The lowest BCUT2D eigenvalue weighted by Gasteiger charge is -2.21. The molecule has 0 bridgehead atoms. The molecule has 1 N–H and O–H groups in total. The molecule has 0 saturated heterocycles. The van der Waals surface area contributed by atoms with Crippen molar-refractivity contribution < 1.29 is 14.7 Å². The van der Waals surface area contributed by atoms with Gasteiger partial charge in [0, 0.05) is 28.0 Å². The zero-order valence-corrected chi connectivity index (χ0v) is 17.8. The van der Waals surface area contributed by atoms with E-state index in [4.69, 9.17) is 23.2 Å². The Morgan fingerprint density at radius 3 is 2.41 bits per heavy atom. The predicted molar refractivity (Wildman–Crippen MR) is 117 cm³/mol. The standard InChI is InChI=1S/C21H18Cl2N2O3S/c1-25(21-24-18(12-29-21)15-7-3-5-9-17(15)23)20(28)14(11-19(26)27)10-13-6-2-4-8-16(13)22/h2-9,12,14H,10-11H2,1H3,(H,26,27). The van der Waals surface area contributed by atoms with Crippen molar-refractivity contribution in [3.8, 4) is 11.3 Å². The highest BCUT2D eigenvalue weighted by Crippen LogP contribution is 2.32. The highest BCUT2D eigenvalue weighted by atomic mass is 35.5. The number of carboxylic acid groups (broad SMARTS) is 1. The molecule has 0 aliphatic rings. The van der Waals surface area contributed by atoms with Gasteiger partial charge in [-0.25, -0.2) is 4.98 Å². The van der Waals surface area contributed by atoms with Crippen molar-refractivity contribution in [1.29, 1.82) is 0 Å². The smallest absolute Gasteiger partial charge is 0.304 e. The molecular weight excluding hydrogens is 431 g/mol. The molecular formula is C21H18Cl2N2O3S. The molecule has 5 nitrogen and oxygen atoms in total.